The van der Waals surface area contributed by atoms with Crippen molar-refractivity contribution in [2.24, 2.45) is 0 Å². The van der Waals surface area contributed by atoms with E-state index in [1.165, 1.54) is 44.9 Å². The van der Waals surface area contributed by atoms with Crippen molar-refractivity contribution in [3.63, 3.8) is 0 Å². The highest BCUT2D eigenvalue weighted by Crippen LogP contribution is 2.41. The molecule has 0 radical (unpaired) electrons. The summed E-state index contributed by atoms with van der Waals surface area (Å²) in [7, 11) is 0. The normalized spacial score (nSPS) is 27.7. The van der Waals surface area contributed by atoms with Gasteiger partial charge in [-0.15, -0.1) is 0 Å². The molecule has 0 amide bonds. The van der Waals surface area contributed by atoms with Gasteiger partial charge in [-0.2, -0.15) is 0 Å². The molecule has 2 fully saturated rings. The average molecular weight is 263 g/mol. The van der Waals surface area contributed by atoms with Crippen molar-refractivity contribution in [3.05, 3.63) is 24.2 Å². The van der Waals surface area contributed by atoms with Crippen LogP contribution >= 0.6 is 0 Å². The second-order valence-corrected chi connectivity index (χ2v) is 6.17. The van der Waals surface area contributed by atoms with Crippen LogP contribution in [0.25, 0.3) is 0 Å². The minimum atomic E-state index is 0.235. The molecule has 1 saturated heterocycles. The van der Waals surface area contributed by atoms with Crippen molar-refractivity contribution in [1.82, 2.24) is 5.32 Å². The van der Waals surface area contributed by atoms with Gasteiger partial charge in [0, 0.05) is 6.54 Å². The van der Waals surface area contributed by atoms with Crippen molar-refractivity contribution in [1.29, 1.82) is 0 Å². The third-order valence-corrected chi connectivity index (χ3v) is 4.73. The zero-order chi connectivity index (χ0) is 13.1. The van der Waals surface area contributed by atoms with Gasteiger partial charge in [-0.3, -0.25) is 0 Å². The third-order valence-electron chi connectivity index (χ3n) is 4.73. The quantitative estimate of drug-likeness (QED) is 0.897. The van der Waals surface area contributed by atoms with Gasteiger partial charge in [0.1, 0.15) is 5.76 Å². The SMILES string of the molecule is C[C@@H](NCC1CCC2(CCCCC2)O1)c1ccco1. The minimum absolute atomic E-state index is 0.235. The van der Waals surface area contributed by atoms with Crippen molar-refractivity contribution < 1.29 is 9.15 Å². The van der Waals surface area contributed by atoms with Gasteiger partial charge in [-0.1, -0.05) is 19.3 Å². The first-order valence-electron chi connectivity index (χ1n) is 7.72. The number of furan rings is 1. The fourth-order valence-corrected chi connectivity index (χ4v) is 3.55. The number of hydrogen-bond donors (Lipinski definition) is 1. The summed E-state index contributed by atoms with van der Waals surface area (Å²) < 4.78 is 11.8. The van der Waals surface area contributed by atoms with Crippen LogP contribution in [0.3, 0.4) is 0 Å². The zero-order valence-corrected chi connectivity index (χ0v) is 11.9. The summed E-state index contributed by atoms with van der Waals surface area (Å²) in [5.41, 5.74) is 0.235. The molecule has 2 heterocycles. The molecule has 3 rings (SSSR count). The Morgan fingerprint density at radius 3 is 2.89 bits per heavy atom. The molecule has 2 aliphatic rings. The monoisotopic (exact) mass is 263 g/mol. The standard InChI is InChI=1S/C16H25NO2/c1-13(15-6-5-11-18-15)17-12-14-7-10-16(19-14)8-3-2-4-9-16/h5-6,11,13-14,17H,2-4,7-10,12H2,1H3/t13-,14?/m1/s1. The predicted octanol–water partition coefficient (Wildman–Crippen LogP) is 3.81. The first kappa shape index (κ1) is 13.2. The molecule has 106 valence electrons. The molecule has 1 unspecified atom stereocenters. The smallest absolute Gasteiger partial charge is 0.120 e. The Morgan fingerprint density at radius 1 is 1.32 bits per heavy atom. The topological polar surface area (TPSA) is 34.4 Å². The van der Waals surface area contributed by atoms with Crippen LogP contribution in [0.1, 0.15) is 63.7 Å². The van der Waals surface area contributed by atoms with E-state index in [1.54, 1.807) is 6.26 Å². The van der Waals surface area contributed by atoms with Gasteiger partial charge in [0.05, 0.1) is 24.0 Å². The molecule has 0 bridgehead atoms. The maximum atomic E-state index is 6.36. The number of ether oxygens (including phenoxy) is 1. The van der Waals surface area contributed by atoms with E-state index in [1.807, 2.05) is 12.1 Å². The highest BCUT2D eigenvalue weighted by molar-refractivity contribution is 5.03. The van der Waals surface area contributed by atoms with Gasteiger partial charge < -0.3 is 14.5 Å². The molecule has 1 N–H and O–H groups in total. The lowest BCUT2D eigenvalue weighted by atomic mass is 9.83. The van der Waals surface area contributed by atoms with Crippen molar-refractivity contribution >= 4 is 0 Å². The van der Waals surface area contributed by atoms with Gasteiger partial charge in [0.15, 0.2) is 0 Å². The van der Waals surface area contributed by atoms with Crippen LogP contribution in [0.4, 0.5) is 0 Å². The minimum Gasteiger partial charge on any atom is -0.468 e. The Hall–Kier alpha value is -0.800. The van der Waals surface area contributed by atoms with Crippen LogP contribution in [-0.2, 0) is 4.74 Å². The molecule has 19 heavy (non-hydrogen) atoms. The fraction of sp³-hybridized carbons (Fsp3) is 0.750. The van der Waals surface area contributed by atoms with Gasteiger partial charge in [0.25, 0.3) is 0 Å². The van der Waals surface area contributed by atoms with Crippen LogP contribution in [0, 0.1) is 0 Å². The molecular formula is C16H25NO2. The second-order valence-electron chi connectivity index (χ2n) is 6.17. The van der Waals surface area contributed by atoms with E-state index in [-0.39, 0.29) is 11.6 Å². The lowest BCUT2D eigenvalue weighted by Gasteiger charge is -2.33. The molecular weight excluding hydrogens is 238 g/mol. The summed E-state index contributed by atoms with van der Waals surface area (Å²) in [6.45, 7) is 3.08. The Labute approximate surface area is 115 Å². The molecule has 0 aromatic carbocycles. The second kappa shape index (κ2) is 5.68. The average Bonchev–Trinajstić information content (AvgIpc) is 3.08. The molecule has 1 aliphatic carbocycles. The van der Waals surface area contributed by atoms with E-state index < -0.39 is 0 Å². The Balaban J connectivity index is 1.47. The van der Waals surface area contributed by atoms with Crippen LogP contribution < -0.4 is 5.32 Å². The van der Waals surface area contributed by atoms with Crippen molar-refractivity contribution in [3.8, 4) is 0 Å². The van der Waals surface area contributed by atoms with Crippen LogP contribution in [0.5, 0.6) is 0 Å². The van der Waals surface area contributed by atoms with Gasteiger partial charge >= 0.3 is 0 Å². The lowest BCUT2D eigenvalue weighted by molar-refractivity contribution is -0.0629. The number of nitrogens with one attached hydrogen (secondary N) is 1. The first-order valence-corrected chi connectivity index (χ1v) is 7.72. The molecule has 1 saturated carbocycles. The van der Waals surface area contributed by atoms with E-state index in [2.05, 4.69) is 12.2 Å². The van der Waals surface area contributed by atoms with Crippen LogP contribution in [0.15, 0.2) is 22.8 Å². The zero-order valence-electron chi connectivity index (χ0n) is 11.9. The van der Waals surface area contributed by atoms with E-state index in [0.29, 0.717) is 6.10 Å². The largest absolute Gasteiger partial charge is 0.468 e. The van der Waals surface area contributed by atoms with Crippen LogP contribution in [0.2, 0.25) is 0 Å². The Morgan fingerprint density at radius 2 is 2.16 bits per heavy atom. The van der Waals surface area contributed by atoms with Crippen molar-refractivity contribution in [2.45, 2.75) is 69.6 Å². The highest BCUT2D eigenvalue weighted by atomic mass is 16.5. The molecule has 3 nitrogen and oxygen atoms in total. The molecule has 2 atom stereocenters. The lowest BCUT2D eigenvalue weighted by Crippen LogP contribution is -2.35. The van der Waals surface area contributed by atoms with Gasteiger partial charge in [0.2, 0.25) is 0 Å². The summed E-state index contributed by atoms with van der Waals surface area (Å²) in [6.07, 6.45) is 11.2. The van der Waals surface area contributed by atoms with E-state index in [0.717, 1.165) is 12.3 Å². The maximum absolute atomic E-state index is 6.36. The molecule has 3 heteroatoms. The molecule has 1 aliphatic heterocycles. The summed E-state index contributed by atoms with van der Waals surface area (Å²) in [5.74, 6) is 1.00. The fourth-order valence-electron chi connectivity index (χ4n) is 3.55. The predicted molar refractivity (Wildman–Crippen MR) is 75.0 cm³/mol. The number of hydrogen-bond acceptors (Lipinski definition) is 3. The summed E-state index contributed by atoms with van der Waals surface area (Å²) in [5, 5.41) is 3.53. The number of rotatable bonds is 4. The third kappa shape index (κ3) is 3.03. The first-order chi connectivity index (χ1) is 9.27. The van der Waals surface area contributed by atoms with Gasteiger partial charge in [-0.05, 0) is 44.7 Å². The summed E-state index contributed by atoms with van der Waals surface area (Å²) in [6, 6.07) is 4.23. The van der Waals surface area contributed by atoms with E-state index in [4.69, 9.17) is 9.15 Å². The van der Waals surface area contributed by atoms with Crippen LogP contribution in [-0.4, -0.2) is 18.2 Å². The molecule has 1 aromatic rings. The Bertz CT molecular complexity index is 381. The summed E-state index contributed by atoms with van der Waals surface area (Å²) >= 11 is 0. The molecule has 1 spiro atoms. The van der Waals surface area contributed by atoms with E-state index in [9.17, 15) is 0 Å². The summed E-state index contributed by atoms with van der Waals surface area (Å²) in [4.78, 5) is 0. The Kier molecular flexibility index (Phi) is 3.94. The van der Waals surface area contributed by atoms with E-state index >= 15 is 0 Å². The molecule has 1 aromatic heterocycles. The van der Waals surface area contributed by atoms with Crippen molar-refractivity contribution in [2.75, 3.05) is 6.54 Å². The van der Waals surface area contributed by atoms with Gasteiger partial charge in [-0.25, -0.2) is 0 Å². The highest BCUT2D eigenvalue weighted by Gasteiger charge is 2.40. The maximum Gasteiger partial charge on any atom is 0.120 e.